The van der Waals surface area contributed by atoms with Crippen molar-refractivity contribution in [3.05, 3.63) is 0 Å². The van der Waals surface area contributed by atoms with E-state index < -0.39 is 0 Å². The molecule has 1 N–H and O–H groups in total. The number of amides is 1. The number of Topliss-reactive ketones (excluding diaryl/α,β-unsaturated/α-hetero) is 1. The number of hydrogen-bond donors (Lipinski definition) is 1. The molecule has 0 radical (unpaired) electrons. The van der Waals surface area contributed by atoms with E-state index in [2.05, 4.69) is 5.32 Å². The molecule has 7 nitrogen and oxygen atoms in total. The Hall–Kier alpha value is -1.02. The maximum absolute atomic E-state index is 11.5. The van der Waals surface area contributed by atoms with Crippen LogP contribution in [0.3, 0.4) is 0 Å². The Morgan fingerprint density at radius 1 is 0.833 bits per heavy atom. The van der Waals surface area contributed by atoms with Crippen LogP contribution in [0.2, 0.25) is 0 Å². The van der Waals surface area contributed by atoms with Gasteiger partial charge in [0.25, 0.3) is 0 Å². The summed E-state index contributed by atoms with van der Waals surface area (Å²) in [6, 6.07) is 0. The molecule has 0 heterocycles. The lowest BCUT2D eigenvalue weighted by molar-refractivity contribution is -0.127. The second-order valence-corrected chi connectivity index (χ2v) is 5.92. The Morgan fingerprint density at radius 2 is 1.46 bits per heavy atom. The maximum Gasteiger partial charge on any atom is 0.222 e. The van der Waals surface area contributed by atoms with Crippen LogP contribution in [0.1, 0.15) is 34.1 Å². The molecule has 0 spiro atoms. The number of carbonyl (C=O) groups is 2. The Labute approximate surface area is 145 Å². The summed E-state index contributed by atoms with van der Waals surface area (Å²) in [6.07, 6.45) is 0.514. The molecule has 0 aromatic carbocycles. The Kier molecular flexibility index (Phi) is 14.8. The highest BCUT2D eigenvalue weighted by Crippen LogP contribution is 1.94. The molecule has 0 bridgehead atoms. The third-order valence-electron chi connectivity index (χ3n) is 2.98. The van der Waals surface area contributed by atoms with E-state index in [1.165, 1.54) is 0 Å². The van der Waals surface area contributed by atoms with Gasteiger partial charge in [-0.05, 0) is 13.8 Å². The van der Waals surface area contributed by atoms with E-state index in [0.29, 0.717) is 52.6 Å². The van der Waals surface area contributed by atoms with E-state index in [0.717, 1.165) is 0 Å². The van der Waals surface area contributed by atoms with Crippen molar-refractivity contribution in [3.63, 3.8) is 0 Å². The average Bonchev–Trinajstić information content (AvgIpc) is 2.52. The van der Waals surface area contributed by atoms with Gasteiger partial charge >= 0.3 is 0 Å². The van der Waals surface area contributed by atoms with Gasteiger partial charge in [0.2, 0.25) is 5.91 Å². The van der Waals surface area contributed by atoms with Gasteiger partial charge in [0.15, 0.2) is 5.78 Å². The molecule has 0 rings (SSSR count). The van der Waals surface area contributed by atoms with Crippen molar-refractivity contribution < 1.29 is 28.5 Å². The van der Waals surface area contributed by atoms with Gasteiger partial charge in [-0.3, -0.25) is 9.59 Å². The van der Waals surface area contributed by atoms with Crippen molar-refractivity contribution in [1.29, 1.82) is 0 Å². The molecule has 0 unspecified atom stereocenters. The van der Waals surface area contributed by atoms with E-state index in [-0.39, 0.29) is 30.3 Å². The third kappa shape index (κ3) is 15.9. The summed E-state index contributed by atoms with van der Waals surface area (Å²) in [5.74, 6) is 0.00949. The van der Waals surface area contributed by atoms with Crippen molar-refractivity contribution in [1.82, 2.24) is 5.32 Å². The van der Waals surface area contributed by atoms with Gasteiger partial charge in [-0.15, -0.1) is 0 Å². The number of nitrogens with one attached hydrogen (secondary N) is 1. The van der Waals surface area contributed by atoms with Gasteiger partial charge in [0.05, 0.1) is 45.7 Å². The molecule has 0 aromatic heterocycles. The topological polar surface area (TPSA) is 83.1 Å². The summed E-state index contributed by atoms with van der Waals surface area (Å²) in [5.41, 5.74) is 0. The second-order valence-electron chi connectivity index (χ2n) is 5.92. The standard InChI is InChI=1S/C17H33NO6/c1-14(2)16(19)13-23-10-9-22-8-6-18-17(20)5-7-21-11-12-24-15(3)4/h14-15H,5-13H2,1-4H3,(H,18,20). The minimum atomic E-state index is -0.0674. The van der Waals surface area contributed by atoms with Gasteiger partial charge < -0.3 is 24.3 Å². The molecule has 1 amide bonds. The monoisotopic (exact) mass is 347 g/mol. The normalized spacial score (nSPS) is 11.2. The lowest BCUT2D eigenvalue weighted by Gasteiger charge is -2.09. The molecular formula is C17H33NO6. The molecule has 0 saturated carbocycles. The molecule has 0 aliphatic rings. The molecule has 0 aliphatic heterocycles. The van der Waals surface area contributed by atoms with Gasteiger partial charge in [0.1, 0.15) is 6.61 Å². The maximum atomic E-state index is 11.5. The fourth-order valence-electron chi connectivity index (χ4n) is 1.52. The molecule has 0 aliphatic carbocycles. The lowest BCUT2D eigenvalue weighted by atomic mass is 10.1. The van der Waals surface area contributed by atoms with Crippen LogP contribution in [-0.2, 0) is 28.5 Å². The average molecular weight is 347 g/mol. The Balaban J connectivity index is 3.27. The highest BCUT2D eigenvalue weighted by molar-refractivity contribution is 5.81. The van der Waals surface area contributed by atoms with E-state index in [1.54, 1.807) is 0 Å². The third-order valence-corrected chi connectivity index (χ3v) is 2.98. The first-order chi connectivity index (χ1) is 11.4. The number of hydrogen-bond acceptors (Lipinski definition) is 6. The van der Waals surface area contributed by atoms with E-state index in [4.69, 9.17) is 18.9 Å². The molecule has 0 saturated heterocycles. The summed E-state index contributed by atoms with van der Waals surface area (Å²) in [4.78, 5) is 22.8. The zero-order valence-electron chi connectivity index (χ0n) is 15.5. The van der Waals surface area contributed by atoms with E-state index in [1.807, 2.05) is 27.7 Å². The minimum absolute atomic E-state index is 0.00663. The molecule has 0 atom stereocenters. The molecule has 0 fully saturated rings. The van der Waals surface area contributed by atoms with E-state index in [9.17, 15) is 9.59 Å². The van der Waals surface area contributed by atoms with Crippen LogP contribution in [-0.4, -0.2) is 70.6 Å². The first-order valence-corrected chi connectivity index (χ1v) is 8.57. The fourth-order valence-corrected chi connectivity index (χ4v) is 1.52. The Bertz CT molecular complexity index is 333. The van der Waals surface area contributed by atoms with Crippen LogP contribution in [0.25, 0.3) is 0 Å². The highest BCUT2D eigenvalue weighted by Gasteiger charge is 2.06. The van der Waals surface area contributed by atoms with Crippen molar-refractivity contribution in [2.75, 3.05) is 52.8 Å². The van der Waals surface area contributed by atoms with Gasteiger partial charge in [-0.2, -0.15) is 0 Å². The summed E-state index contributed by atoms with van der Waals surface area (Å²) < 4.78 is 21.1. The second kappa shape index (κ2) is 15.5. The SMILES string of the molecule is CC(C)OCCOCCC(=O)NCCOCCOCC(=O)C(C)C. The predicted octanol–water partition coefficient (Wildman–Crippen LogP) is 1.19. The van der Waals surface area contributed by atoms with Crippen LogP contribution in [0.15, 0.2) is 0 Å². The first-order valence-electron chi connectivity index (χ1n) is 8.57. The first kappa shape index (κ1) is 23.0. The predicted molar refractivity (Wildman–Crippen MR) is 91.0 cm³/mol. The van der Waals surface area contributed by atoms with Crippen molar-refractivity contribution in [2.45, 2.75) is 40.2 Å². The van der Waals surface area contributed by atoms with Crippen LogP contribution < -0.4 is 5.32 Å². The van der Waals surface area contributed by atoms with Gasteiger partial charge in [-0.25, -0.2) is 0 Å². The van der Waals surface area contributed by atoms with E-state index >= 15 is 0 Å². The summed E-state index contributed by atoms with van der Waals surface area (Å²) in [5, 5.41) is 2.75. The summed E-state index contributed by atoms with van der Waals surface area (Å²) in [6.45, 7) is 10.8. The van der Waals surface area contributed by atoms with Crippen molar-refractivity contribution in [3.8, 4) is 0 Å². The molecule has 7 heteroatoms. The zero-order chi connectivity index (χ0) is 18.2. The Morgan fingerprint density at radius 3 is 2.12 bits per heavy atom. The number of rotatable bonds is 16. The van der Waals surface area contributed by atoms with Crippen molar-refractivity contribution >= 4 is 11.7 Å². The fraction of sp³-hybridized carbons (Fsp3) is 0.882. The quantitative estimate of drug-likeness (QED) is 0.422. The van der Waals surface area contributed by atoms with Gasteiger partial charge in [-0.1, -0.05) is 13.8 Å². The largest absolute Gasteiger partial charge is 0.379 e. The van der Waals surface area contributed by atoms with Crippen LogP contribution in [0, 0.1) is 5.92 Å². The lowest BCUT2D eigenvalue weighted by Crippen LogP contribution is -2.28. The summed E-state index contributed by atoms with van der Waals surface area (Å²) in [7, 11) is 0. The van der Waals surface area contributed by atoms with Crippen LogP contribution in [0.5, 0.6) is 0 Å². The highest BCUT2D eigenvalue weighted by atomic mass is 16.5. The van der Waals surface area contributed by atoms with Gasteiger partial charge in [0, 0.05) is 18.9 Å². The number of ether oxygens (including phenoxy) is 4. The summed E-state index contributed by atoms with van der Waals surface area (Å²) >= 11 is 0. The van der Waals surface area contributed by atoms with Crippen LogP contribution >= 0.6 is 0 Å². The number of carbonyl (C=O) groups excluding carboxylic acids is 2. The smallest absolute Gasteiger partial charge is 0.222 e. The zero-order valence-corrected chi connectivity index (χ0v) is 15.5. The van der Waals surface area contributed by atoms with Crippen molar-refractivity contribution in [2.24, 2.45) is 5.92 Å². The molecule has 0 aromatic rings. The molecule has 24 heavy (non-hydrogen) atoms. The molecule has 142 valence electrons. The van der Waals surface area contributed by atoms with Crippen LogP contribution in [0.4, 0.5) is 0 Å². The number of ketones is 1. The molecular weight excluding hydrogens is 314 g/mol. The minimum Gasteiger partial charge on any atom is -0.379 e.